The minimum Gasteiger partial charge on any atom is -0.389 e. The fraction of sp³-hybridized carbons (Fsp3) is 0.316. The fourth-order valence-electron chi connectivity index (χ4n) is 3.02. The predicted octanol–water partition coefficient (Wildman–Crippen LogP) is 3.12. The SMILES string of the molecule is CC(O)c1ccc(N2CCN(C(=O)c3ccc(F)cc3F)CC2)c(F)c1. The summed E-state index contributed by atoms with van der Waals surface area (Å²) in [5.41, 5.74) is 0.716. The molecule has 0 bridgehead atoms. The first-order chi connectivity index (χ1) is 12.4. The van der Waals surface area contributed by atoms with E-state index in [0.29, 0.717) is 43.5 Å². The topological polar surface area (TPSA) is 43.8 Å². The van der Waals surface area contributed by atoms with Crippen molar-refractivity contribution in [2.24, 2.45) is 0 Å². The van der Waals surface area contributed by atoms with E-state index >= 15 is 0 Å². The van der Waals surface area contributed by atoms with Gasteiger partial charge in [0.15, 0.2) is 0 Å². The van der Waals surface area contributed by atoms with Gasteiger partial charge in [-0.1, -0.05) is 6.07 Å². The van der Waals surface area contributed by atoms with Crippen LogP contribution in [0.5, 0.6) is 0 Å². The lowest BCUT2D eigenvalue weighted by molar-refractivity contribution is 0.0742. The predicted molar refractivity (Wildman–Crippen MR) is 91.5 cm³/mol. The zero-order chi connectivity index (χ0) is 18.8. The lowest BCUT2D eigenvalue weighted by Gasteiger charge is -2.36. The van der Waals surface area contributed by atoms with Crippen molar-refractivity contribution in [1.29, 1.82) is 0 Å². The minimum atomic E-state index is -0.891. The van der Waals surface area contributed by atoms with Gasteiger partial charge in [0.25, 0.3) is 5.91 Å². The van der Waals surface area contributed by atoms with Gasteiger partial charge in [-0.15, -0.1) is 0 Å². The number of nitrogens with zero attached hydrogens (tertiary/aromatic N) is 2. The molecule has 1 amide bonds. The summed E-state index contributed by atoms with van der Waals surface area (Å²) < 4.78 is 41.1. The number of aliphatic hydroxyl groups excluding tert-OH is 1. The molecule has 1 fully saturated rings. The van der Waals surface area contributed by atoms with Crippen LogP contribution in [0.25, 0.3) is 0 Å². The quantitative estimate of drug-likeness (QED) is 0.910. The highest BCUT2D eigenvalue weighted by atomic mass is 19.1. The Balaban J connectivity index is 1.68. The normalized spacial score (nSPS) is 15.9. The van der Waals surface area contributed by atoms with Crippen molar-refractivity contribution >= 4 is 11.6 Å². The lowest BCUT2D eigenvalue weighted by atomic mass is 10.1. The van der Waals surface area contributed by atoms with Crippen LogP contribution in [-0.4, -0.2) is 42.1 Å². The summed E-state index contributed by atoms with van der Waals surface area (Å²) in [5, 5.41) is 9.51. The summed E-state index contributed by atoms with van der Waals surface area (Å²) in [6, 6.07) is 7.43. The molecule has 1 aliphatic heterocycles. The molecular weight excluding hydrogens is 345 g/mol. The number of carbonyl (C=O) groups excluding carboxylic acids is 1. The summed E-state index contributed by atoms with van der Waals surface area (Å²) >= 11 is 0. The molecular formula is C19H19F3N2O2. The number of benzene rings is 2. The van der Waals surface area contributed by atoms with Crippen molar-refractivity contribution < 1.29 is 23.1 Å². The molecule has 7 heteroatoms. The summed E-state index contributed by atoms with van der Waals surface area (Å²) in [6.07, 6.45) is -0.751. The number of hydrogen-bond acceptors (Lipinski definition) is 3. The Labute approximate surface area is 149 Å². The van der Waals surface area contributed by atoms with E-state index in [1.165, 1.54) is 11.0 Å². The number of hydrogen-bond donors (Lipinski definition) is 1. The van der Waals surface area contributed by atoms with Crippen molar-refractivity contribution in [3.05, 3.63) is 65.0 Å². The standard InChI is InChI=1S/C19H19F3N2O2/c1-12(25)13-2-5-18(17(22)10-13)23-6-8-24(9-7-23)19(26)15-4-3-14(20)11-16(15)21/h2-5,10-12,25H,6-9H2,1H3. The van der Waals surface area contributed by atoms with Crippen molar-refractivity contribution in [2.75, 3.05) is 31.1 Å². The van der Waals surface area contributed by atoms with Crippen LogP contribution >= 0.6 is 0 Å². The van der Waals surface area contributed by atoms with Gasteiger partial charge in [0.1, 0.15) is 17.5 Å². The molecule has 0 spiro atoms. The average Bonchev–Trinajstić information content (AvgIpc) is 2.61. The van der Waals surface area contributed by atoms with E-state index in [4.69, 9.17) is 0 Å². The third kappa shape index (κ3) is 3.67. The van der Waals surface area contributed by atoms with Gasteiger partial charge in [-0.25, -0.2) is 13.2 Å². The first kappa shape index (κ1) is 18.3. The van der Waals surface area contributed by atoms with Gasteiger partial charge in [-0.2, -0.15) is 0 Å². The zero-order valence-corrected chi connectivity index (χ0v) is 14.3. The second-order valence-corrected chi connectivity index (χ2v) is 6.29. The monoisotopic (exact) mass is 364 g/mol. The average molecular weight is 364 g/mol. The van der Waals surface area contributed by atoms with E-state index in [0.717, 1.165) is 12.1 Å². The van der Waals surface area contributed by atoms with E-state index < -0.39 is 29.5 Å². The molecule has 0 radical (unpaired) electrons. The number of rotatable bonds is 3. The Bertz CT molecular complexity index is 818. The first-order valence-electron chi connectivity index (χ1n) is 8.33. The Hall–Kier alpha value is -2.54. The second-order valence-electron chi connectivity index (χ2n) is 6.29. The Morgan fingerprint density at radius 1 is 1.00 bits per heavy atom. The number of piperazine rings is 1. The highest BCUT2D eigenvalue weighted by molar-refractivity contribution is 5.94. The Morgan fingerprint density at radius 3 is 2.27 bits per heavy atom. The summed E-state index contributed by atoms with van der Waals surface area (Å²) in [5.74, 6) is -2.57. The summed E-state index contributed by atoms with van der Waals surface area (Å²) in [7, 11) is 0. The Kier molecular flexibility index (Phi) is 5.18. The van der Waals surface area contributed by atoms with Gasteiger partial charge in [0.05, 0.1) is 17.4 Å². The first-order valence-corrected chi connectivity index (χ1v) is 8.33. The molecule has 3 rings (SSSR count). The molecule has 2 aromatic carbocycles. The highest BCUT2D eigenvalue weighted by Crippen LogP contribution is 2.25. The van der Waals surface area contributed by atoms with Crippen molar-refractivity contribution in [2.45, 2.75) is 13.0 Å². The molecule has 1 unspecified atom stereocenters. The third-order valence-electron chi connectivity index (χ3n) is 4.52. The highest BCUT2D eigenvalue weighted by Gasteiger charge is 2.25. The zero-order valence-electron chi connectivity index (χ0n) is 14.3. The van der Waals surface area contributed by atoms with Gasteiger partial charge in [-0.05, 0) is 36.8 Å². The van der Waals surface area contributed by atoms with Crippen LogP contribution in [0.1, 0.15) is 28.9 Å². The summed E-state index contributed by atoms with van der Waals surface area (Å²) in [6.45, 7) is 2.94. The molecule has 1 atom stereocenters. The van der Waals surface area contributed by atoms with Crippen LogP contribution in [-0.2, 0) is 0 Å². The van der Waals surface area contributed by atoms with Crippen LogP contribution in [0, 0.1) is 17.5 Å². The fourth-order valence-corrected chi connectivity index (χ4v) is 3.02. The largest absolute Gasteiger partial charge is 0.389 e. The van der Waals surface area contributed by atoms with Crippen LogP contribution in [0.3, 0.4) is 0 Å². The molecule has 1 saturated heterocycles. The summed E-state index contributed by atoms with van der Waals surface area (Å²) in [4.78, 5) is 15.7. The molecule has 0 aromatic heterocycles. The third-order valence-corrected chi connectivity index (χ3v) is 4.52. The van der Waals surface area contributed by atoms with Crippen molar-refractivity contribution in [3.63, 3.8) is 0 Å². The molecule has 1 N–H and O–H groups in total. The smallest absolute Gasteiger partial charge is 0.256 e. The molecule has 4 nitrogen and oxygen atoms in total. The molecule has 0 aliphatic carbocycles. The Morgan fingerprint density at radius 2 is 1.69 bits per heavy atom. The van der Waals surface area contributed by atoms with Crippen molar-refractivity contribution in [3.8, 4) is 0 Å². The van der Waals surface area contributed by atoms with Gasteiger partial charge in [-0.3, -0.25) is 4.79 Å². The van der Waals surface area contributed by atoms with E-state index in [9.17, 15) is 23.1 Å². The van der Waals surface area contributed by atoms with Crippen molar-refractivity contribution in [1.82, 2.24) is 4.90 Å². The van der Waals surface area contributed by atoms with E-state index in [-0.39, 0.29) is 5.56 Å². The van der Waals surface area contributed by atoms with Gasteiger partial charge >= 0.3 is 0 Å². The number of halogens is 3. The number of carbonyl (C=O) groups is 1. The minimum absolute atomic E-state index is 0.174. The molecule has 138 valence electrons. The molecule has 1 aliphatic rings. The lowest BCUT2D eigenvalue weighted by Crippen LogP contribution is -2.49. The van der Waals surface area contributed by atoms with Gasteiger partial charge in [0.2, 0.25) is 0 Å². The maximum atomic E-state index is 14.3. The van der Waals surface area contributed by atoms with Crippen LogP contribution in [0.15, 0.2) is 36.4 Å². The van der Waals surface area contributed by atoms with E-state index in [1.807, 2.05) is 0 Å². The molecule has 2 aromatic rings. The maximum absolute atomic E-state index is 14.3. The molecule has 0 saturated carbocycles. The maximum Gasteiger partial charge on any atom is 0.256 e. The number of aliphatic hydroxyl groups is 1. The number of amides is 1. The number of anilines is 1. The van der Waals surface area contributed by atoms with Gasteiger partial charge in [0, 0.05) is 32.2 Å². The van der Waals surface area contributed by atoms with Crippen LogP contribution in [0.2, 0.25) is 0 Å². The van der Waals surface area contributed by atoms with Crippen LogP contribution in [0.4, 0.5) is 18.9 Å². The van der Waals surface area contributed by atoms with Crippen LogP contribution < -0.4 is 4.90 Å². The molecule has 1 heterocycles. The van der Waals surface area contributed by atoms with Gasteiger partial charge < -0.3 is 14.9 Å². The van der Waals surface area contributed by atoms with E-state index in [2.05, 4.69) is 0 Å². The molecule has 26 heavy (non-hydrogen) atoms. The van der Waals surface area contributed by atoms with E-state index in [1.54, 1.807) is 24.0 Å². The second kappa shape index (κ2) is 7.37.